The van der Waals surface area contributed by atoms with Crippen LogP contribution in [-0.4, -0.2) is 64.2 Å². The number of hydrogen-bond donors (Lipinski definition) is 1. The molecule has 3 aromatic rings. The van der Waals surface area contributed by atoms with E-state index in [9.17, 15) is 4.79 Å². The van der Waals surface area contributed by atoms with Crippen molar-refractivity contribution in [2.75, 3.05) is 43.4 Å². The van der Waals surface area contributed by atoms with Gasteiger partial charge in [-0.2, -0.15) is 0 Å². The number of carbonyl (C=O) groups excluding carboxylic acids is 1. The van der Waals surface area contributed by atoms with E-state index in [0.717, 1.165) is 43.0 Å². The minimum Gasteiger partial charge on any atom is -0.369 e. The number of piperazine rings is 1. The van der Waals surface area contributed by atoms with Gasteiger partial charge in [0.25, 0.3) is 0 Å². The molecule has 1 unspecified atom stereocenters. The van der Waals surface area contributed by atoms with Gasteiger partial charge in [0.15, 0.2) is 0 Å². The summed E-state index contributed by atoms with van der Waals surface area (Å²) < 4.78 is 1.59. The van der Waals surface area contributed by atoms with E-state index < -0.39 is 6.04 Å². The van der Waals surface area contributed by atoms with Gasteiger partial charge in [-0.15, -0.1) is 5.10 Å². The summed E-state index contributed by atoms with van der Waals surface area (Å²) in [7, 11) is 2.15. The molecule has 1 aliphatic heterocycles. The smallest absolute Gasteiger partial charge is 0.249 e. The first-order chi connectivity index (χ1) is 15.0. The summed E-state index contributed by atoms with van der Waals surface area (Å²) in [5.74, 6) is 0.476. The zero-order valence-electron chi connectivity index (χ0n) is 18.3. The highest BCUT2D eigenvalue weighted by Gasteiger charge is 2.25. The normalized spacial score (nSPS) is 15.6. The standard InChI is InChI=1S/C23H29N7O/c1-17-15-20(9-10-21(17)29-13-11-28(3)12-14-29)24-23(31)22(30-18(2)25-26-27-30)16-19-7-5-4-6-8-19/h4-10,15,22H,11-14,16H2,1-3H3,(H,24,31). The second-order valence-corrected chi connectivity index (χ2v) is 8.16. The Morgan fingerprint density at radius 1 is 1.06 bits per heavy atom. The molecule has 1 amide bonds. The highest BCUT2D eigenvalue weighted by Crippen LogP contribution is 2.26. The number of tetrazole rings is 1. The van der Waals surface area contributed by atoms with Crippen LogP contribution in [0, 0.1) is 13.8 Å². The lowest BCUT2D eigenvalue weighted by Gasteiger charge is -2.35. The third-order valence-electron chi connectivity index (χ3n) is 5.84. The number of amides is 1. The molecule has 162 valence electrons. The number of aromatic nitrogens is 4. The fourth-order valence-corrected chi connectivity index (χ4v) is 4.01. The topological polar surface area (TPSA) is 79.2 Å². The second kappa shape index (κ2) is 9.26. The molecular weight excluding hydrogens is 390 g/mol. The predicted molar refractivity (Wildman–Crippen MR) is 121 cm³/mol. The largest absolute Gasteiger partial charge is 0.369 e. The molecule has 1 atom stereocenters. The van der Waals surface area contributed by atoms with Gasteiger partial charge < -0.3 is 15.1 Å². The Morgan fingerprint density at radius 3 is 2.45 bits per heavy atom. The number of anilines is 2. The van der Waals surface area contributed by atoms with Gasteiger partial charge in [0.1, 0.15) is 11.9 Å². The Kier molecular flexibility index (Phi) is 6.27. The van der Waals surface area contributed by atoms with Crippen LogP contribution in [0.4, 0.5) is 11.4 Å². The van der Waals surface area contributed by atoms with Crippen LogP contribution in [-0.2, 0) is 11.2 Å². The number of carbonyl (C=O) groups is 1. The van der Waals surface area contributed by atoms with Crippen LogP contribution in [0.5, 0.6) is 0 Å². The van der Waals surface area contributed by atoms with Gasteiger partial charge in [-0.05, 0) is 60.6 Å². The molecule has 1 aromatic heterocycles. The SMILES string of the molecule is Cc1cc(NC(=O)C(Cc2ccccc2)n2nnnc2C)ccc1N1CCN(C)CC1. The monoisotopic (exact) mass is 419 g/mol. The summed E-state index contributed by atoms with van der Waals surface area (Å²) in [5, 5.41) is 14.8. The van der Waals surface area contributed by atoms with Gasteiger partial charge in [-0.25, -0.2) is 4.68 Å². The third-order valence-corrected chi connectivity index (χ3v) is 5.84. The Morgan fingerprint density at radius 2 is 1.81 bits per heavy atom. The zero-order valence-corrected chi connectivity index (χ0v) is 18.3. The first-order valence-corrected chi connectivity index (χ1v) is 10.6. The van der Waals surface area contributed by atoms with E-state index in [2.05, 4.69) is 50.7 Å². The quantitative estimate of drug-likeness (QED) is 0.661. The number of nitrogens with one attached hydrogen (secondary N) is 1. The van der Waals surface area contributed by atoms with Crippen LogP contribution in [0.25, 0.3) is 0 Å². The molecule has 0 radical (unpaired) electrons. The van der Waals surface area contributed by atoms with E-state index in [4.69, 9.17) is 0 Å². The molecule has 4 rings (SSSR count). The van der Waals surface area contributed by atoms with Gasteiger partial charge in [0, 0.05) is 44.0 Å². The van der Waals surface area contributed by atoms with Crippen molar-refractivity contribution in [2.24, 2.45) is 0 Å². The van der Waals surface area contributed by atoms with Crippen molar-refractivity contribution in [1.29, 1.82) is 0 Å². The molecule has 1 saturated heterocycles. The number of aryl methyl sites for hydroxylation is 2. The van der Waals surface area contributed by atoms with E-state index in [1.54, 1.807) is 11.6 Å². The zero-order chi connectivity index (χ0) is 21.8. The maximum absolute atomic E-state index is 13.3. The molecule has 0 bridgehead atoms. The minimum absolute atomic E-state index is 0.133. The molecule has 1 fully saturated rings. The molecule has 31 heavy (non-hydrogen) atoms. The van der Waals surface area contributed by atoms with Gasteiger partial charge in [0.2, 0.25) is 5.91 Å². The predicted octanol–water partition coefficient (Wildman–Crippen LogP) is 2.46. The Balaban J connectivity index is 1.51. The summed E-state index contributed by atoms with van der Waals surface area (Å²) in [6, 6.07) is 15.5. The summed E-state index contributed by atoms with van der Waals surface area (Å²) in [4.78, 5) is 18.0. The van der Waals surface area contributed by atoms with E-state index in [0.29, 0.717) is 12.2 Å². The maximum Gasteiger partial charge on any atom is 0.249 e. The van der Waals surface area contributed by atoms with Crippen molar-refractivity contribution in [1.82, 2.24) is 25.1 Å². The van der Waals surface area contributed by atoms with Crippen molar-refractivity contribution >= 4 is 17.3 Å². The van der Waals surface area contributed by atoms with Crippen LogP contribution >= 0.6 is 0 Å². The summed E-state index contributed by atoms with van der Waals surface area (Å²) >= 11 is 0. The highest BCUT2D eigenvalue weighted by atomic mass is 16.2. The molecular formula is C23H29N7O. The number of rotatable bonds is 6. The Hall–Kier alpha value is -3.26. The van der Waals surface area contributed by atoms with Crippen molar-refractivity contribution in [3.63, 3.8) is 0 Å². The van der Waals surface area contributed by atoms with E-state index in [-0.39, 0.29) is 5.91 Å². The number of nitrogens with zero attached hydrogens (tertiary/aromatic N) is 6. The van der Waals surface area contributed by atoms with E-state index >= 15 is 0 Å². The number of hydrogen-bond acceptors (Lipinski definition) is 6. The second-order valence-electron chi connectivity index (χ2n) is 8.16. The summed E-state index contributed by atoms with van der Waals surface area (Å²) in [5.41, 5.74) is 4.21. The molecule has 0 saturated carbocycles. The van der Waals surface area contributed by atoms with E-state index in [1.165, 1.54) is 5.69 Å². The van der Waals surface area contributed by atoms with Gasteiger partial charge in [0.05, 0.1) is 0 Å². The fraction of sp³-hybridized carbons (Fsp3) is 0.391. The van der Waals surface area contributed by atoms with Crippen LogP contribution in [0.1, 0.15) is 23.0 Å². The molecule has 0 spiro atoms. The highest BCUT2D eigenvalue weighted by molar-refractivity contribution is 5.94. The first-order valence-electron chi connectivity index (χ1n) is 10.6. The third kappa shape index (κ3) is 4.91. The van der Waals surface area contributed by atoms with Crippen LogP contribution < -0.4 is 10.2 Å². The molecule has 1 N–H and O–H groups in total. The van der Waals surface area contributed by atoms with Crippen LogP contribution in [0.15, 0.2) is 48.5 Å². The number of likely N-dealkylation sites (N-methyl/N-ethyl adjacent to an activating group) is 1. The van der Waals surface area contributed by atoms with Crippen molar-refractivity contribution in [2.45, 2.75) is 26.3 Å². The average Bonchev–Trinajstić information content (AvgIpc) is 3.19. The average molecular weight is 420 g/mol. The van der Waals surface area contributed by atoms with Crippen molar-refractivity contribution in [3.05, 3.63) is 65.5 Å². The Labute approximate surface area is 182 Å². The lowest BCUT2D eigenvalue weighted by Crippen LogP contribution is -2.44. The summed E-state index contributed by atoms with van der Waals surface area (Å²) in [6.45, 7) is 8.05. The van der Waals surface area contributed by atoms with Crippen LogP contribution in [0.2, 0.25) is 0 Å². The molecule has 1 aliphatic rings. The molecule has 2 heterocycles. The molecule has 8 nitrogen and oxygen atoms in total. The van der Waals surface area contributed by atoms with Crippen LogP contribution in [0.3, 0.4) is 0 Å². The van der Waals surface area contributed by atoms with Gasteiger partial charge in [-0.3, -0.25) is 4.79 Å². The molecule has 0 aliphatic carbocycles. The molecule has 8 heteroatoms. The van der Waals surface area contributed by atoms with Gasteiger partial charge >= 0.3 is 0 Å². The van der Waals surface area contributed by atoms with Crippen molar-refractivity contribution in [3.8, 4) is 0 Å². The fourth-order valence-electron chi connectivity index (χ4n) is 4.01. The molecule has 2 aromatic carbocycles. The Bertz CT molecular complexity index is 1030. The first kappa shape index (κ1) is 21.0. The summed E-state index contributed by atoms with van der Waals surface area (Å²) in [6.07, 6.45) is 0.511. The lowest BCUT2D eigenvalue weighted by atomic mass is 10.0. The minimum atomic E-state index is -0.532. The van der Waals surface area contributed by atoms with Gasteiger partial charge in [-0.1, -0.05) is 30.3 Å². The van der Waals surface area contributed by atoms with E-state index in [1.807, 2.05) is 42.5 Å². The maximum atomic E-state index is 13.3. The van der Waals surface area contributed by atoms with Crippen molar-refractivity contribution < 1.29 is 4.79 Å². The lowest BCUT2D eigenvalue weighted by molar-refractivity contribution is -0.119. The number of benzene rings is 2.